The molecule has 0 saturated carbocycles. The predicted octanol–water partition coefficient (Wildman–Crippen LogP) is 2.20. The number of nitrogens with one attached hydrogen (secondary N) is 1. The SMILES string of the molecule is O=S(=O)(Nc1c(Br)cccc1Br)c1ncncn1. The van der Waals surface area contributed by atoms with Crippen LogP contribution in [0.1, 0.15) is 0 Å². The summed E-state index contributed by atoms with van der Waals surface area (Å²) in [6.07, 6.45) is 2.24. The number of para-hydroxylation sites is 1. The number of anilines is 1. The van der Waals surface area contributed by atoms with E-state index in [1.807, 2.05) is 0 Å². The molecule has 0 bridgehead atoms. The highest BCUT2D eigenvalue weighted by atomic mass is 79.9. The first-order valence-corrected chi connectivity index (χ1v) is 7.66. The Balaban J connectivity index is 2.41. The van der Waals surface area contributed by atoms with Crippen LogP contribution in [0.25, 0.3) is 0 Å². The lowest BCUT2D eigenvalue weighted by Crippen LogP contribution is -2.16. The maximum absolute atomic E-state index is 12.0. The van der Waals surface area contributed by atoms with Gasteiger partial charge in [-0.3, -0.25) is 4.72 Å². The van der Waals surface area contributed by atoms with E-state index in [0.717, 1.165) is 12.7 Å². The van der Waals surface area contributed by atoms with Crippen LogP contribution in [0.5, 0.6) is 0 Å². The van der Waals surface area contributed by atoms with Crippen LogP contribution in [-0.4, -0.2) is 23.4 Å². The monoisotopic (exact) mass is 392 g/mol. The van der Waals surface area contributed by atoms with E-state index in [0.29, 0.717) is 14.6 Å². The lowest BCUT2D eigenvalue weighted by molar-refractivity contribution is 0.591. The number of halogens is 2. The number of rotatable bonds is 3. The van der Waals surface area contributed by atoms with Gasteiger partial charge >= 0.3 is 0 Å². The van der Waals surface area contributed by atoms with Crippen molar-refractivity contribution in [2.75, 3.05) is 4.72 Å². The Morgan fingerprint density at radius 2 is 1.61 bits per heavy atom. The predicted molar refractivity (Wildman–Crippen MR) is 72.5 cm³/mol. The van der Waals surface area contributed by atoms with Gasteiger partial charge in [-0.2, -0.15) is 8.42 Å². The summed E-state index contributed by atoms with van der Waals surface area (Å²) in [5.41, 5.74) is 0.387. The fourth-order valence-electron chi connectivity index (χ4n) is 1.14. The molecule has 0 aliphatic carbocycles. The summed E-state index contributed by atoms with van der Waals surface area (Å²) in [6, 6.07) is 5.21. The zero-order valence-electron chi connectivity index (χ0n) is 8.71. The minimum atomic E-state index is -3.83. The van der Waals surface area contributed by atoms with Crippen LogP contribution < -0.4 is 4.72 Å². The lowest BCUT2D eigenvalue weighted by atomic mass is 10.3. The van der Waals surface area contributed by atoms with Crippen LogP contribution in [0.2, 0.25) is 0 Å². The van der Waals surface area contributed by atoms with Gasteiger partial charge in [-0.1, -0.05) is 6.07 Å². The van der Waals surface area contributed by atoms with Crippen LogP contribution in [0.4, 0.5) is 5.69 Å². The number of aromatic nitrogens is 3. The van der Waals surface area contributed by atoms with Gasteiger partial charge in [-0.25, -0.2) is 15.0 Å². The molecular formula is C9H6Br2N4O2S. The average molecular weight is 394 g/mol. The van der Waals surface area contributed by atoms with Gasteiger partial charge in [-0.15, -0.1) is 0 Å². The van der Waals surface area contributed by atoms with Crippen LogP contribution in [0.3, 0.4) is 0 Å². The van der Waals surface area contributed by atoms with E-state index in [1.54, 1.807) is 18.2 Å². The van der Waals surface area contributed by atoms with E-state index in [-0.39, 0.29) is 5.16 Å². The molecule has 0 amide bonds. The molecule has 0 atom stereocenters. The second-order valence-electron chi connectivity index (χ2n) is 3.12. The Morgan fingerprint density at radius 1 is 1.06 bits per heavy atom. The molecule has 94 valence electrons. The van der Waals surface area contributed by atoms with Crippen LogP contribution >= 0.6 is 31.9 Å². The van der Waals surface area contributed by atoms with Gasteiger partial charge in [0.25, 0.3) is 15.2 Å². The van der Waals surface area contributed by atoms with Crippen LogP contribution in [0, 0.1) is 0 Å². The minimum Gasteiger partial charge on any atom is -0.275 e. The fourth-order valence-corrected chi connectivity index (χ4v) is 3.55. The highest BCUT2D eigenvalue weighted by Gasteiger charge is 2.19. The van der Waals surface area contributed by atoms with Crippen molar-refractivity contribution in [3.63, 3.8) is 0 Å². The molecule has 0 spiro atoms. The summed E-state index contributed by atoms with van der Waals surface area (Å²) >= 11 is 6.52. The van der Waals surface area contributed by atoms with Crippen LogP contribution in [-0.2, 0) is 10.0 Å². The van der Waals surface area contributed by atoms with E-state index < -0.39 is 10.0 Å². The van der Waals surface area contributed by atoms with Crippen molar-refractivity contribution in [2.45, 2.75) is 5.16 Å². The average Bonchev–Trinajstić information content (AvgIpc) is 2.35. The largest absolute Gasteiger partial charge is 0.297 e. The maximum Gasteiger partial charge on any atom is 0.297 e. The molecular weight excluding hydrogens is 388 g/mol. The first-order valence-electron chi connectivity index (χ1n) is 4.59. The second kappa shape index (κ2) is 5.29. The molecule has 0 unspecified atom stereocenters. The smallest absolute Gasteiger partial charge is 0.275 e. The maximum atomic E-state index is 12.0. The van der Waals surface area contributed by atoms with Crippen molar-refractivity contribution in [3.05, 3.63) is 39.8 Å². The van der Waals surface area contributed by atoms with E-state index in [4.69, 9.17) is 0 Å². The molecule has 2 aromatic rings. The molecule has 2 rings (SSSR count). The molecule has 0 saturated heterocycles. The number of hydrogen-bond acceptors (Lipinski definition) is 5. The van der Waals surface area contributed by atoms with Gasteiger partial charge in [0.05, 0.1) is 5.69 Å². The summed E-state index contributed by atoms with van der Waals surface area (Å²) in [7, 11) is -3.83. The summed E-state index contributed by atoms with van der Waals surface area (Å²) < 4.78 is 27.6. The van der Waals surface area contributed by atoms with E-state index in [1.165, 1.54) is 0 Å². The van der Waals surface area contributed by atoms with E-state index in [2.05, 4.69) is 51.5 Å². The molecule has 0 radical (unpaired) electrons. The van der Waals surface area contributed by atoms with Crippen molar-refractivity contribution in [2.24, 2.45) is 0 Å². The summed E-state index contributed by atoms with van der Waals surface area (Å²) in [5, 5.41) is -0.333. The molecule has 18 heavy (non-hydrogen) atoms. The van der Waals surface area contributed by atoms with Crippen LogP contribution in [0.15, 0.2) is 45.0 Å². The van der Waals surface area contributed by atoms with Gasteiger partial charge in [0, 0.05) is 8.95 Å². The van der Waals surface area contributed by atoms with Gasteiger partial charge in [0.2, 0.25) is 0 Å². The van der Waals surface area contributed by atoms with Gasteiger partial charge in [0.1, 0.15) is 12.7 Å². The summed E-state index contributed by atoms with van der Waals surface area (Å²) in [5.74, 6) is 0. The molecule has 1 aromatic heterocycles. The number of hydrogen-bond donors (Lipinski definition) is 1. The molecule has 6 nitrogen and oxygen atoms in total. The lowest BCUT2D eigenvalue weighted by Gasteiger charge is -2.09. The first kappa shape index (κ1) is 13.4. The van der Waals surface area contributed by atoms with Crippen molar-refractivity contribution in [1.29, 1.82) is 0 Å². The van der Waals surface area contributed by atoms with E-state index in [9.17, 15) is 8.42 Å². The molecule has 1 heterocycles. The van der Waals surface area contributed by atoms with Crippen molar-refractivity contribution in [3.8, 4) is 0 Å². The highest BCUT2D eigenvalue weighted by molar-refractivity contribution is 9.11. The topological polar surface area (TPSA) is 84.8 Å². The van der Waals surface area contributed by atoms with Crippen molar-refractivity contribution in [1.82, 2.24) is 15.0 Å². The molecule has 9 heteroatoms. The van der Waals surface area contributed by atoms with Gasteiger partial charge in [-0.05, 0) is 44.0 Å². The first-order chi connectivity index (χ1) is 8.50. The Bertz CT molecular complexity index is 643. The van der Waals surface area contributed by atoms with Gasteiger partial charge < -0.3 is 0 Å². The third-order valence-corrected chi connectivity index (χ3v) is 4.40. The normalized spacial score (nSPS) is 11.2. The zero-order chi connectivity index (χ0) is 13.2. The quantitative estimate of drug-likeness (QED) is 0.863. The third-order valence-electron chi connectivity index (χ3n) is 1.91. The standard InChI is InChI=1S/C9H6Br2N4O2S/c10-6-2-1-3-7(11)8(6)15-18(16,17)9-13-4-12-5-14-9/h1-5,15H. The molecule has 1 aromatic carbocycles. The molecule has 0 fully saturated rings. The number of nitrogens with zero attached hydrogens (tertiary/aromatic N) is 3. The van der Waals surface area contributed by atoms with E-state index >= 15 is 0 Å². The third kappa shape index (κ3) is 2.85. The second-order valence-corrected chi connectivity index (χ2v) is 6.41. The Kier molecular flexibility index (Phi) is 3.93. The highest BCUT2D eigenvalue weighted by Crippen LogP contribution is 2.31. The summed E-state index contributed by atoms with van der Waals surface area (Å²) in [6.45, 7) is 0. The van der Waals surface area contributed by atoms with Crippen molar-refractivity contribution >= 4 is 47.6 Å². The molecule has 0 aliphatic rings. The summed E-state index contributed by atoms with van der Waals surface area (Å²) in [4.78, 5) is 10.8. The minimum absolute atomic E-state index is 0.333. The Hall–Kier alpha value is -1.06. The fraction of sp³-hybridized carbons (Fsp3) is 0. The van der Waals surface area contributed by atoms with Gasteiger partial charge in [0.15, 0.2) is 0 Å². The zero-order valence-corrected chi connectivity index (χ0v) is 12.7. The number of benzene rings is 1. The molecule has 0 aliphatic heterocycles. The Morgan fingerprint density at radius 3 is 2.17 bits per heavy atom. The number of sulfonamides is 1. The molecule has 1 N–H and O–H groups in total. The van der Waals surface area contributed by atoms with Crippen molar-refractivity contribution < 1.29 is 8.42 Å². The Labute approximate surface area is 120 Å².